The summed E-state index contributed by atoms with van der Waals surface area (Å²) in [6.45, 7) is 0. The van der Waals surface area contributed by atoms with Gasteiger partial charge in [-0.05, 0) is 24.3 Å². The maximum atomic E-state index is 10.2. The van der Waals surface area contributed by atoms with E-state index in [2.05, 4.69) is 4.98 Å². The maximum absolute atomic E-state index is 10.2. The molecule has 1 unspecified atom stereocenters. The highest BCUT2D eigenvalue weighted by atomic mass is 16.5. The Balaban J connectivity index is 2.40. The lowest BCUT2D eigenvalue weighted by Gasteiger charge is -2.14. The number of methoxy groups -OCH3 is 1. The third kappa shape index (κ3) is 2.37. The van der Waals surface area contributed by atoms with Crippen LogP contribution in [0.2, 0.25) is 0 Å². The molecule has 1 aromatic heterocycles. The van der Waals surface area contributed by atoms with Crippen LogP contribution >= 0.6 is 0 Å². The molecular weight excluding hydrogens is 216 g/mol. The summed E-state index contributed by atoms with van der Waals surface area (Å²) in [4.78, 5) is 3.97. The first-order valence-corrected chi connectivity index (χ1v) is 5.24. The molecule has 3 N–H and O–H groups in total. The second kappa shape index (κ2) is 4.84. The van der Waals surface area contributed by atoms with Gasteiger partial charge < -0.3 is 15.6 Å². The van der Waals surface area contributed by atoms with Crippen molar-refractivity contribution in [2.24, 2.45) is 0 Å². The van der Waals surface area contributed by atoms with Crippen molar-refractivity contribution in [2.75, 3.05) is 12.8 Å². The minimum atomic E-state index is -0.793. The molecule has 0 bridgehead atoms. The van der Waals surface area contributed by atoms with Gasteiger partial charge in [0.05, 0.1) is 7.11 Å². The summed E-state index contributed by atoms with van der Waals surface area (Å²) in [6, 6.07) is 8.78. The molecule has 1 heterocycles. The van der Waals surface area contributed by atoms with Gasteiger partial charge in [-0.25, -0.2) is 0 Å². The van der Waals surface area contributed by atoms with Gasteiger partial charge in [-0.15, -0.1) is 0 Å². The fraction of sp³-hybridized carbons (Fsp3) is 0.154. The van der Waals surface area contributed by atoms with Crippen molar-refractivity contribution in [3.05, 3.63) is 53.9 Å². The number of nitrogens with zero attached hydrogens (tertiary/aromatic N) is 1. The smallest absolute Gasteiger partial charge is 0.119 e. The molecule has 2 aromatic rings. The van der Waals surface area contributed by atoms with E-state index in [4.69, 9.17) is 10.5 Å². The minimum Gasteiger partial charge on any atom is -0.497 e. The Morgan fingerprint density at radius 2 is 2.18 bits per heavy atom. The lowest BCUT2D eigenvalue weighted by atomic mass is 10.0. The van der Waals surface area contributed by atoms with Crippen LogP contribution in [0.5, 0.6) is 5.75 Å². The van der Waals surface area contributed by atoms with Crippen LogP contribution in [0.25, 0.3) is 0 Å². The van der Waals surface area contributed by atoms with Gasteiger partial charge in [-0.3, -0.25) is 4.98 Å². The molecular formula is C13H14N2O2. The van der Waals surface area contributed by atoms with E-state index in [0.717, 1.165) is 0 Å². The number of rotatable bonds is 3. The van der Waals surface area contributed by atoms with Crippen molar-refractivity contribution in [3.63, 3.8) is 0 Å². The van der Waals surface area contributed by atoms with Gasteiger partial charge >= 0.3 is 0 Å². The maximum Gasteiger partial charge on any atom is 0.119 e. The standard InChI is InChI=1S/C13H14N2O2/c1-17-10-4-5-12(14)11(7-10)13(16)9-3-2-6-15-8-9/h2-8,13,16H,14H2,1H3. The largest absolute Gasteiger partial charge is 0.497 e. The normalized spacial score (nSPS) is 12.1. The number of benzene rings is 1. The number of nitrogens with two attached hydrogens (primary N) is 1. The second-order valence-electron chi connectivity index (χ2n) is 3.68. The summed E-state index contributed by atoms with van der Waals surface area (Å²) < 4.78 is 5.11. The van der Waals surface area contributed by atoms with E-state index >= 15 is 0 Å². The minimum absolute atomic E-state index is 0.530. The lowest BCUT2D eigenvalue weighted by Crippen LogP contribution is -2.04. The molecule has 0 radical (unpaired) electrons. The predicted molar refractivity (Wildman–Crippen MR) is 65.7 cm³/mol. The summed E-state index contributed by atoms with van der Waals surface area (Å²) in [6.07, 6.45) is 2.48. The van der Waals surface area contributed by atoms with Crippen LogP contribution < -0.4 is 10.5 Å². The zero-order valence-electron chi connectivity index (χ0n) is 9.50. The van der Waals surface area contributed by atoms with Gasteiger partial charge in [0.2, 0.25) is 0 Å². The molecule has 4 heteroatoms. The molecule has 0 saturated heterocycles. The molecule has 0 aliphatic heterocycles. The summed E-state index contributed by atoms with van der Waals surface area (Å²) in [7, 11) is 1.58. The SMILES string of the molecule is COc1ccc(N)c(C(O)c2cccnc2)c1. The molecule has 88 valence electrons. The second-order valence-corrected chi connectivity index (χ2v) is 3.68. The first-order valence-electron chi connectivity index (χ1n) is 5.24. The third-order valence-corrected chi connectivity index (χ3v) is 2.59. The first-order chi connectivity index (χ1) is 8.22. The van der Waals surface area contributed by atoms with Crippen LogP contribution in [0.1, 0.15) is 17.2 Å². The van der Waals surface area contributed by atoms with Gasteiger partial charge in [0.15, 0.2) is 0 Å². The van der Waals surface area contributed by atoms with Crippen LogP contribution in [0.4, 0.5) is 5.69 Å². The van der Waals surface area contributed by atoms with Gasteiger partial charge in [-0.1, -0.05) is 6.07 Å². The third-order valence-electron chi connectivity index (χ3n) is 2.59. The van der Waals surface area contributed by atoms with E-state index in [1.165, 1.54) is 0 Å². The number of nitrogen functional groups attached to an aromatic ring is 1. The van der Waals surface area contributed by atoms with Crippen molar-refractivity contribution in [1.29, 1.82) is 0 Å². The van der Waals surface area contributed by atoms with Crippen molar-refractivity contribution < 1.29 is 9.84 Å². The van der Waals surface area contributed by atoms with Gasteiger partial charge in [0.1, 0.15) is 11.9 Å². The Bertz CT molecular complexity index is 500. The lowest BCUT2D eigenvalue weighted by molar-refractivity contribution is 0.220. The van der Waals surface area contributed by atoms with Crippen molar-refractivity contribution >= 4 is 5.69 Å². The quantitative estimate of drug-likeness (QED) is 0.788. The summed E-state index contributed by atoms with van der Waals surface area (Å²) in [5.74, 6) is 0.664. The number of pyridine rings is 1. The summed E-state index contributed by atoms with van der Waals surface area (Å²) in [5.41, 5.74) is 7.70. The fourth-order valence-electron chi connectivity index (χ4n) is 1.63. The molecule has 1 atom stereocenters. The highest BCUT2D eigenvalue weighted by Crippen LogP contribution is 2.29. The highest BCUT2D eigenvalue weighted by Gasteiger charge is 2.14. The number of aromatic nitrogens is 1. The zero-order chi connectivity index (χ0) is 12.3. The highest BCUT2D eigenvalue weighted by molar-refractivity contribution is 5.53. The summed E-state index contributed by atoms with van der Waals surface area (Å²) in [5, 5.41) is 10.2. The summed E-state index contributed by atoms with van der Waals surface area (Å²) >= 11 is 0. The van der Waals surface area contributed by atoms with Gasteiger partial charge in [0, 0.05) is 29.2 Å². The average molecular weight is 230 g/mol. The van der Waals surface area contributed by atoms with Crippen molar-refractivity contribution in [2.45, 2.75) is 6.10 Å². The Morgan fingerprint density at radius 1 is 1.35 bits per heavy atom. The Labute approximate surface area is 99.7 Å². The molecule has 0 fully saturated rings. The monoisotopic (exact) mass is 230 g/mol. The van der Waals surface area contributed by atoms with Crippen molar-refractivity contribution in [1.82, 2.24) is 4.98 Å². The van der Waals surface area contributed by atoms with Crippen LogP contribution in [0.3, 0.4) is 0 Å². The molecule has 0 aliphatic carbocycles. The molecule has 0 amide bonds. The molecule has 0 saturated carbocycles. The molecule has 1 aromatic carbocycles. The van der Waals surface area contributed by atoms with E-state index in [1.807, 2.05) is 0 Å². The van der Waals surface area contributed by atoms with E-state index in [-0.39, 0.29) is 0 Å². The average Bonchev–Trinajstić information content (AvgIpc) is 2.39. The first kappa shape index (κ1) is 11.4. The Hall–Kier alpha value is -2.07. The van der Waals surface area contributed by atoms with Gasteiger partial charge in [0.25, 0.3) is 0 Å². The molecule has 17 heavy (non-hydrogen) atoms. The zero-order valence-corrected chi connectivity index (χ0v) is 9.50. The molecule has 0 aliphatic rings. The predicted octanol–water partition coefficient (Wildman–Crippen LogP) is 1.75. The number of anilines is 1. The number of ether oxygens (including phenoxy) is 1. The Morgan fingerprint density at radius 3 is 2.82 bits per heavy atom. The van der Waals surface area contributed by atoms with Crippen molar-refractivity contribution in [3.8, 4) is 5.75 Å². The van der Waals surface area contributed by atoms with E-state index < -0.39 is 6.10 Å². The number of hydrogen-bond acceptors (Lipinski definition) is 4. The van der Waals surface area contributed by atoms with E-state index in [1.54, 1.807) is 49.8 Å². The van der Waals surface area contributed by atoms with Gasteiger partial charge in [-0.2, -0.15) is 0 Å². The van der Waals surface area contributed by atoms with Crippen LogP contribution in [0.15, 0.2) is 42.7 Å². The van der Waals surface area contributed by atoms with Crippen LogP contribution in [0, 0.1) is 0 Å². The Kier molecular flexibility index (Phi) is 3.25. The molecule has 2 rings (SSSR count). The van der Waals surface area contributed by atoms with Crippen LogP contribution in [-0.2, 0) is 0 Å². The van der Waals surface area contributed by atoms with E-state index in [9.17, 15) is 5.11 Å². The number of hydrogen-bond donors (Lipinski definition) is 2. The number of aliphatic hydroxyl groups excluding tert-OH is 1. The molecule has 0 spiro atoms. The van der Waals surface area contributed by atoms with E-state index in [0.29, 0.717) is 22.6 Å². The van der Waals surface area contributed by atoms with Crippen LogP contribution in [-0.4, -0.2) is 17.2 Å². The molecule has 4 nitrogen and oxygen atoms in total. The topological polar surface area (TPSA) is 68.4 Å². The fourth-order valence-corrected chi connectivity index (χ4v) is 1.63. The number of aliphatic hydroxyl groups is 1.